The Morgan fingerprint density at radius 3 is 2.73 bits per heavy atom. The van der Waals surface area contributed by atoms with Crippen molar-refractivity contribution in [1.82, 2.24) is 4.98 Å². The van der Waals surface area contributed by atoms with E-state index in [0.29, 0.717) is 29.0 Å². The lowest BCUT2D eigenvalue weighted by molar-refractivity contribution is -0.132. The fourth-order valence-electron chi connectivity index (χ4n) is 4.85. The number of benzene rings is 2. The normalized spacial score (nSPS) is 19.5. The number of aryl methyl sites for hydroxylation is 1. The Morgan fingerprint density at radius 1 is 1.27 bits per heavy atom. The van der Waals surface area contributed by atoms with Crippen LogP contribution in [0.25, 0.3) is 5.76 Å². The van der Waals surface area contributed by atoms with E-state index in [0.717, 1.165) is 21.8 Å². The third-order valence-corrected chi connectivity index (χ3v) is 8.39. The molecule has 2 N–H and O–H groups in total. The number of phenolic OH excluding ortho intramolecular Hbond substituents is 1. The number of fused-ring (bicyclic) bond motifs is 1. The SMILES string of the molecule is CCOC(=O)c1sc(N2C(=O)C(=O)/C(=C(\O)c3ccc4c(c3)CC(C)O4)C2c2cc(Br)c(O)c(OC)c2)nc1C. The number of carbonyl (C=O) groups is 3. The highest BCUT2D eigenvalue weighted by Crippen LogP contribution is 2.47. The molecule has 1 amide bonds. The molecule has 40 heavy (non-hydrogen) atoms. The number of rotatable bonds is 6. The number of hydrogen-bond donors (Lipinski definition) is 2. The third-order valence-electron chi connectivity index (χ3n) is 6.65. The number of nitrogens with zero attached hydrogens (tertiary/aromatic N) is 2. The lowest BCUT2D eigenvalue weighted by atomic mass is 9.94. The van der Waals surface area contributed by atoms with Gasteiger partial charge in [0, 0.05) is 12.0 Å². The van der Waals surface area contributed by atoms with Crippen LogP contribution in [0.1, 0.15) is 51.9 Å². The average molecular weight is 629 g/mol. The second-order valence-electron chi connectivity index (χ2n) is 9.31. The van der Waals surface area contributed by atoms with Crippen LogP contribution in [0.3, 0.4) is 0 Å². The number of thiazole rings is 1. The van der Waals surface area contributed by atoms with Crippen molar-refractivity contribution in [2.24, 2.45) is 0 Å². The number of aromatic nitrogens is 1. The van der Waals surface area contributed by atoms with Crippen molar-refractivity contribution >= 4 is 55.8 Å². The zero-order valence-electron chi connectivity index (χ0n) is 22.0. The van der Waals surface area contributed by atoms with Crippen molar-refractivity contribution < 1.29 is 38.8 Å². The van der Waals surface area contributed by atoms with Crippen LogP contribution in [0.15, 0.2) is 40.4 Å². The van der Waals surface area contributed by atoms with Crippen LogP contribution in [0.5, 0.6) is 17.2 Å². The number of halogens is 1. The molecule has 3 aromatic rings. The second-order valence-corrected chi connectivity index (χ2v) is 11.1. The summed E-state index contributed by atoms with van der Waals surface area (Å²) >= 11 is 4.21. The predicted octanol–water partition coefficient (Wildman–Crippen LogP) is 5.05. The number of hydrogen-bond acceptors (Lipinski definition) is 10. The third kappa shape index (κ3) is 4.60. The summed E-state index contributed by atoms with van der Waals surface area (Å²) in [6.45, 7) is 5.37. The van der Waals surface area contributed by atoms with Crippen molar-refractivity contribution in [3.63, 3.8) is 0 Å². The Balaban J connectivity index is 1.72. The van der Waals surface area contributed by atoms with Crippen molar-refractivity contribution in [1.29, 1.82) is 0 Å². The van der Waals surface area contributed by atoms with Crippen LogP contribution in [0.2, 0.25) is 0 Å². The molecule has 208 valence electrons. The molecule has 2 aliphatic rings. The van der Waals surface area contributed by atoms with Crippen molar-refractivity contribution in [3.05, 3.63) is 67.6 Å². The molecule has 2 aromatic carbocycles. The van der Waals surface area contributed by atoms with Gasteiger partial charge in [0.1, 0.15) is 22.5 Å². The second kappa shape index (κ2) is 10.6. The molecule has 0 aliphatic carbocycles. The topological polar surface area (TPSA) is 135 Å². The van der Waals surface area contributed by atoms with E-state index in [9.17, 15) is 24.6 Å². The summed E-state index contributed by atoms with van der Waals surface area (Å²) in [5, 5.41) is 22.0. The van der Waals surface area contributed by atoms with E-state index in [2.05, 4.69) is 20.9 Å². The molecule has 0 radical (unpaired) electrons. The van der Waals surface area contributed by atoms with E-state index in [1.807, 2.05) is 6.92 Å². The molecule has 3 heterocycles. The Labute approximate surface area is 241 Å². The Morgan fingerprint density at radius 2 is 2.02 bits per heavy atom. The molecular formula is C28H25BrN2O8S. The average Bonchev–Trinajstić information content (AvgIpc) is 3.57. The molecule has 2 aliphatic heterocycles. The standard InChI is InChI=1S/C28H25BrN2O8S/c1-5-38-27(36)25-13(3)30-28(40-25)31-21(16-10-17(29)23(33)19(11-16)37-4)20(24(34)26(31)35)22(32)14-6-7-18-15(9-14)8-12(2)39-18/h6-7,9-12,21,32-33H,5,8H2,1-4H3/b22-20-. The maximum atomic E-state index is 13.6. The smallest absolute Gasteiger partial charge is 0.350 e. The number of anilines is 1. The largest absolute Gasteiger partial charge is 0.507 e. The lowest BCUT2D eigenvalue weighted by Crippen LogP contribution is -2.29. The number of methoxy groups -OCH3 is 1. The van der Waals surface area contributed by atoms with Gasteiger partial charge in [-0.25, -0.2) is 9.78 Å². The first-order chi connectivity index (χ1) is 19.0. The number of amides is 1. The fourth-order valence-corrected chi connectivity index (χ4v) is 6.30. The summed E-state index contributed by atoms with van der Waals surface area (Å²) in [4.78, 5) is 45.4. The van der Waals surface area contributed by atoms with Gasteiger partial charge in [0.05, 0.1) is 35.5 Å². The number of phenols is 1. The van der Waals surface area contributed by atoms with Crippen LogP contribution in [-0.2, 0) is 20.7 Å². The van der Waals surface area contributed by atoms with Gasteiger partial charge in [-0.2, -0.15) is 0 Å². The van der Waals surface area contributed by atoms with Crippen LogP contribution in [0.4, 0.5) is 5.13 Å². The van der Waals surface area contributed by atoms with E-state index < -0.39 is 23.7 Å². The number of aliphatic hydroxyl groups excluding tert-OH is 1. The van der Waals surface area contributed by atoms with E-state index in [-0.39, 0.29) is 50.0 Å². The van der Waals surface area contributed by atoms with Gasteiger partial charge in [0.25, 0.3) is 5.78 Å². The van der Waals surface area contributed by atoms with Crippen LogP contribution >= 0.6 is 27.3 Å². The number of aliphatic hydroxyl groups is 1. The highest BCUT2D eigenvalue weighted by Gasteiger charge is 2.49. The quantitative estimate of drug-likeness (QED) is 0.166. The van der Waals surface area contributed by atoms with Crippen LogP contribution < -0.4 is 14.4 Å². The first-order valence-corrected chi connectivity index (χ1v) is 14.0. The van der Waals surface area contributed by atoms with E-state index in [1.165, 1.54) is 19.2 Å². The first-order valence-electron chi connectivity index (χ1n) is 12.4. The summed E-state index contributed by atoms with van der Waals surface area (Å²) in [7, 11) is 1.37. The van der Waals surface area contributed by atoms with E-state index in [1.54, 1.807) is 32.0 Å². The summed E-state index contributed by atoms with van der Waals surface area (Å²) in [6.07, 6.45) is 0.604. The summed E-state index contributed by atoms with van der Waals surface area (Å²) < 4.78 is 16.4. The summed E-state index contributed by atoms with van der Waals surface area (Å²) in [6, 6.07) is 6.92. The molecule has 12 heteroatoms. The van der Waals surface area contributed by atoms with Gasteiger partial charge < -0.3 is 24.4 Å². The number of carbonyl (C=O) groups excluding carboxylic acids is 3. The number of aromatic hydroxyl groups is 1. The summed E-state index contributed by atoms with van der Waals surface area (Å²) in [5.74, 6) is -2.24. The van der Waals surface area contributed by atoms with Gasteiger partial charge in [-0.05, 0) is 78.2 Å². The molecule has 10 nitrogen and oxygen atoms in total. The van der Waals surface area contributed by atoms with Crippen LogP contribution in [-0.4, -0.2) is 52.7 Å². The summed E-state index contributed by atoms with van der Waals surface area (Å²) in [5.41, 5.74) is 1.71. The highest BCUT2D eigenvalue weighted by molar-refractivity contribution is 9.10. The minimum atomic E-state index is -1.16. The maximum absolute atomic E-state index is 13.6. The van der Waals surface area contributed by atoms with Gasteiger partial charge >= 0.3 is 11.9 Å². The molecule has 0 saturated carbocycles. The molecule has 1 aromatic heterocycles. The zero-order valence-corrected chi connectivity index (χ0v) is 24.4. The van der Waals surface area contributed by atoms with Gasteiger partial charge in [-0.1, -0.05) is 11.3 Å². The number of ether oxygens (including phenoxy) is 3. The first kappa shape index (κ1) is 27.7. The van der Waals surface area contributed by atoms with E-state index in [4.69, 9.17) is 14.2 Å². The van der Waals surface area contributed by atoms with Crippen molar-refractivity contribution in [3.8, 4) is 17.2 Å². The molecule has 1 fully saturated rings. The maximum Gasteiger partial charge on any atom is 0.350 e. The minimum absolute atomic E-state index is 0.0264. The van der Waals surface area contributed by atoms with Gasteiger partial charge in [-0.15, -0.1) is 0 Å². The van der Waals surface area contributed by atoms with E-state index >= 15 is 0 Å². The molecule has 1 saturated heterocycles. The molecule has 0 bridgehead atoms. The van der Waals surface area contributed by atoms with Crippen molar-refractivity contribution in [2.75, 3.05) is 18.6 Å². The molecule has 2 unspecified atom stereocenters. The molecule has 0 spiro atoms. The Bertz CT molecular complexity index is 1600. The molecule has 2 atom stereocenters. The lowest BCUT2D eigenvalue weighted by Gasteiger charge is -2.24. The van der Waals surface area contributed by atoms with Gasteiger partial charge in [-0.3, -0.25) is 14.5 Å². The van der Waals surface area contributed by atoms with Crippen LogP contribution in [0, 0.1) is 6.92 Å². The fraction of sp³-hybridized carbons (Fsp3) is 0.286. The van der Waals surface area contributed by atoms with Gasteiger partial charge in [0.2, 0.25) is 0 Å². The minimum Gasteiger partial charge on any atom is -0.507 e. The molecule has 5 rings (SSSR count). The highest BCUT2D eigenvalue weighted by atomic mass is 79.9. The Kier molecular flexibility index (Phi) is 7.32. The monoisotopic (exact) mass is 628 g/mol. The van der Waals surface area contributed by atoms with Gasteiger partial charge in [0.15, 0.2) is 16.6 Å². The Hall–Kier alpha value is -3.90. The number of esters is 1. The van der Waals surface area contributed by atoms with Crippen molar-refractivity contribution in [2.45, 2.75) is 39.3 Å². The number of ketones is 1. The molecular weight excluding hydrogens is 604 g/mol. The zero-order chi connectivity index (χ0) is 28.9. The number of Topliss-reactive ketones (excluding diaryl/α,β-unsaturated/α-hetero) is 1. The predicted molar refractivity (Wildman–Crippen MR) is 150 cm³/mol.